The number of ether oxygens (including phenoxy) is 2. The molecule has 2 heterocycles. The molecule has 5 N–H and O–H groups in total. The topological polar surface area (TPSA) is 300 Å². The molecule has 2 aliphatic heterocycles. The first kappa shape index (κ1) is 83.8. The van der Waals surface area contributed by atoms with Crippen LogP contribution in [0.3, 0.4) is 0 Å². The summed E-state index contributed by atoms with van der Waals surface area (Å²) in [5.74, 6) is -10.7. The maximum absolute atomic E-state index is 15.3. The normalized spacial score (nSPS) is 27.7. The van der Waals surface area contributed by atoms with Crippen molar-refractivity contribution in [2.75, 3.05) is 95.4 Å². The number of aliphatic hydroxyl groups is 1. The molecule has 0 radical (unpaired) electrons. The van der Waals surface area contributed by atoms with Gasteiger partial charge in [-0.05, 0) is 95.3 Å². The highest BCUT2D eigenvalue weighted by molar-refractivity contribution is 6.00. The number of carbonyl (C=O) groups excluding carboxylic acids is 11. The third-order valence-corrected chi connectivity index (χ3v) is 18.4. The summed E-state index contributed by atoms with van der Waals surface area (Å²) in [5.41, 5.74) is 0. The summed E-state index contributed by atoms with van der Waals surface area (Å²) >= 11 is 0. The molecule has 538 valence electrons. The molecular formula is C68H122N12O14. The summed E-state index contributed by atoms with van der Waals surface area (Å²) in [6, 6.07) is -14.0. The number of aliphatic hydroxyl groups excluding tert-OH is 1. The Morgan fingerprint density at radius 3 is 1.48 bits per heavy atom. The van der Waals surface area contributed by atoms with Gasteiger partial charge < -0.3 is 70.1 Å². The van der Waals surface area contributed by atoms with Crippen LogP contribution in [0, 0.1) is 41.4 Å². The van der Waals surface area contributed by atoms with E-state index in [1.807, 2.05) is 47.6 Å². The lowest BCUT2D eigenvalue weighted by atomic mass is 9.91. The predicted molar refractivity (Wildman–Crippen MR) is 361 cm³/mol. The third-order valence-electron chi connectivity index (χ3n) is 18.4. The van der Waals surface area contributed by atoms with E-state index >= 15 is 24.0 Å². The van der Waals surface area contributed by atoms with Gasteiger partial charge >= 0.3 is 0 Å². The molecule has 2 aliphatic rings. The lowest BCUT2D eigenvalue weighted by Crippen LogP contribution is -2.64. The monoisotopic (exact) mass is 1330 g/mol. The smallest absolute Gasteiger partial charge is 0.246 e. The zero-order chi connectivity index (χ0) is 72.1. The van der Waals surface area contributed by atoms with Gasteiger partial charge in [0.25, 0.3) is 0 Å². The van der Waals surface area contributed by atoms with Crippen molar-refractivity contribution in [2.24, 2.45) is 41.4 Å². The van der Waals surface area contributed by atoms with Crippen molar-refractivity contribution in [2.45, 2.75) is 222 Å². The van der Waals surface area contributed by atoms with Crippen LogP contribution in [0.2, 0.25) is 0 Å². The number of carbonyl (C=O) groups is 11. The van der Waals surface area contributed by atoms with Crippen LogP contribution < -0.4 is 21.3 Å². The maximum atomic E-state index is 15.3. The van der Waals surface area contributed by atoms with Crippen molar-refractivity contribution in [3.05, 3.63) is 12.2 Å². The Bertz CT molecular complexity index is 2560. The zero-order valence-corrected chi connectivity index (χ0v) is 61.4. The van der Waals surface area contributed by atoms with E-state index in [4.69, 9.17) is 9.47 Å². The van der Waals surface area contributed by atoms with Gasteiger partial charge in [-0.1, -0.05) is 102 Å². The Kier molecular flexibility index (Phi) is 34.9. The SMILES string of the molecule is C/C=C/C[C@@H](C)[C@@H](O)[C@H]1C(=O)N[C@@H](CC)C(=O)N(C)[C@@H](C)C(=O)N(C)[C@@H](C(C)COCCN2CCOCC2)C(=O)N[C@@H](C(C)C)C(=O)N(C)[C@@H](CC(C)C)C(=O)N[C@@H](C)C(=O)N[C@H](C)C(=O)N(C)[C@@H](CC(C)C)C(=O)N(C)[C@@H](CC(C)C)C(=O)N(C)[C@@H](C(C)C)C(=O)N1C. The molecular weight excluding hydrogens is 1210 g/mol. The second kappa shape index (κ2) is 39.1. The Hall–Kier alpha value is -6.25. The minimum absolute atomic E-state index is 0.00445. The Balaban J connectivity index is 3.02. The molecule has 0 saturated carbocycles. The summed E-state index contributed by atoms with van der Waals surface area (Å²) in [7, 11) is 9.93. The fourth-order valence-electron chi connectivity index (χ4n) is 12.2. The predicted octanol–water partition coefficient (Wildman–Crippen LogP) is 2.60. The Morgan fingerprint density at radius 2 is 0.979 bits per heavy atom. The van der Waals surface area contributed by atoms with Gasteiger partial charge in [0.15, 0.2) is 0 Å². The quantitative estimate of drug-likeness (QED) is 0.0918. The van der Waals surface area contributed by atoms with Crippen molar-refractivity contribution >= 4 is 65.0 Å². The molecule has 0 aromatic rings. The van der Waals surface area contributed by atoms with E-state index in [-0.39, 0.29) is 50.0 Å². The number of hydrogen-bond acceptors (Lipinski definition) is 15. The highest BCUT2D eigenvalue weighted by atomic mass is 16.5. The van der Waals surface area contributed by atoms with Gasteiger partial charge in [0.2, 0.25) is 65.0 Å². The number of nitrogens with zero attached hydrogens (tertiary/aromatic N) is 8. The number of hydrogen-bond donors (Lipinski definition) is 5. The van der Waals surface area contributed by atoms with E-state index in [0.717, 1.165) is 22.9 Å². The van der Waals surface area contributed by atoms with Crippen molar-refractivity contribution < 1.29 is 67.3 Å². The lowest BCUT2D eigenvalue weighted by Gasteiger charge is -2.41. The van der Waals surface area contributed by atoms with Crippen molar-refractivity contribution in [3.8, 4) is 0 Å². The average Bonchev–Trinajstić information content (AvgIpc) is 0.969. The van der Waals surface area contributed by atoms with Crippen LogP contribution in [0.15, 0.2) is 12.2 Å². The third kappa shape index (κ3) is 23.3. The van der Waals surface area contributed by atoms with Crippen LogP contribution in [-0.2, 0) is 62.2 Å². The van der Waals surface area contributed by atoms with Crippen LogP contribution in [0.4, 0.5) is 0 Å². The molecule has 0 aromatic carbocycles. The molecule has 14 atom stereocenters. The van der Waals surface area contributed by atoms with Crippen molar-refractivity contribution in [3.63, 3.8) is 0 Å². The first-order valence-corrected chi connectivity index (χ1v) is 34.0. The molecule has 11 amide bonds. The molecule has 0 aromatic heterocycles. The summed E-state index contributed by atoms with van der Waals surface area (Å²) in [6.45, 7) is 32.8. The van der Waals surface area contributed by atoms with Crippen LogP contribution >= 0.6 is 0 Å². The van der Waals surface area contributed by atoms with Gasteiger partial charge in [-0.15, -0.1) is 0 Å². The number of likely N-dealkylation sites (N-methyl/N-ethyl adjacent to an activating group) is 7. The van der Waals surface area contributed by atoms with Crippen LogP contribution in [0.1, 0.15) is 150 Å². The van der Waals surface area contributed by atoms with E-state index < -0.39 is 161 Å². The minimum Gasteiger partial charge on any atom is -0.390 e. The van der Waals surface area contributed by atoms with E-state index in [2.05, 4.69) is 26.2 Å². The molecule has 0 spiro atoms. The van der Waals surface area contributed by atoms with Gasteiger partial charge in [0, 0.05) is 74.9 Å². The maximum Gasteiger partial charge on any atom is 0.246 e. The number of amides is 11. The zero-order valence-electron chi connectivity index (χ0n) is 61.4. The summed E-state index contributed by atoms with van der Waals surface area (Å²) in [4.78, 5) is 174. The van der Waals surface area contributed by atoms with Crippen LogP contribution in [-0.4, -0.2) is 277 Å². The first-order chi connectivity index (χ1) is 43.7. The second-order valence-electron chi connectivity index (χ2n) is 28.3. The molecule has 0 bridgehead atoms. The number of morpholine rings is 1. The standard InChI is InChI=1S/C68H122N12O14/c1-25-27-28-44(13)57(81)56-61(85)71-49(26-2)64(88)73(18)48(17)63(87)78(23)55(45(14)38-94-34-31-80-29-32-93-33-30-80)60(84)72-53(42(9)10)67(91)74(19)50(35-39(3)4)59(83)69-46(15)58(82)70-47(16)62(86)75(20)51(36-40(5)6)65(89)76(21)52(37-41(7)8)66(90)77(22)54(43(11)12)68(92)79(56)24/h25,27,39-57,81H,26,28-38H2,1-24H3,(H,69,83)(H,70,82)(H,71,85)(H,72,84)/b27-25+/t44-,45?,46+,47-,48+,49+,50+,51+,52+,53+,54+,55+,56+,57-/m1/s1. The summed E-state index contributed by atoms with van der Waals surface area (Å²) < 4.78 is 11.7. The Labute approximate surface area is 562 Å². The van der Waals surface area contributed by atoms with E-state index in [1.54, 1.807) is 61.5 Å². The van der Waals surface area contributed by atoms with E-state index in [9.17, 15) is 33.9 Å². The van der Waals surface area contributed by atoms with E-state index in [1.165, 1.54) is 94.6 Å². The van der Waals surface area contributed by atoms with Crippen LogP contribution in [0.25, 0.3) is 0 Å². The summed E-state index contributed by atoms with van der Waals surface area (Å²) in [6.07, 6.45) is 2.78. The number of nitrogens with one attached hydrogen (secondary N) is 4. The first-order valence-electron chi connectivity index (χ1n) is 34.0. The van der Waals surface area contributed by atoms with Gasteiger partial charge in [-0.3, -0.25) is 57.6 Å². The molecule has 2 rings (SSSR count). The Morgan fingerprint density at radius 1 is 0.511 bits per heavy atom. The highest BCUT2D eigenvalue weighted by Crippen LogP contribution is 2.26. The van der Waals surface area contributed by atoms with Crippen LogP contribution in [0.5, 0.6) is 0 Å². The molecule has 94 heavy (non-hydrogen) atoms. The lowest BCUT2D eigenvalue weighted by molar-refractivity contribution is -0.157. The minimum atomic E-state index is -1.64. The molecule has 2 fully saturated rings. The van der Waals surface area contributed by atoms with Gasteiger partial charge in [-0.25, -0.2) is 0 Å². The van der Waals surface area contributed by atoms with Crippen molar-refractivity contribution in [1.29, 1.82) is 0 Å². The molecule has 1 unspecified atom stereocenters. The summed E-state index contributed by atoms with van der Waals surface area (Å²) in [5, 5.41) is 23.3. The largest absolute Gasteiger partial charge is 0.390 e. The van der Waals surface area contributed by atoms with Gasteiger partial charge in [0.1, 0.15) is 66.5 Å². The second-order valence-corrected chi connectivity index (χ2v) is 28.3. The average molecular weight is 1330 g/mol. The molecule has 0 aliphatic carbocycles. The number of allylic oxidation sites excluding steroid dienone is 2. The van der Waals surface area contributed by atoms with Gasteiger partial charge in [0.05, 0.1) is 32.5 Å². The van der Waals surface area contributed by atoms with E-state index in [0.29, 0.717) is 32.8 Å². The highest BCUT2D eigenvalue weighted by Gasteiger charge is 2.46. The number of rotatable bonds is 19. The fraction of sp³-hybridized carbons (Fsp3) is 0.809. The molecule has 2 saturated heterocycles. The van der Waals surface area contributed by atoms with Gasteiger partial charge in [-0.2, -0.15) is 0 Å². The fourth-order valence-corrected chi connectivity index (χ4v) is 12.2. The molecule has 26 heteroatoms. The molecule has 26 nitrogen and oxygen atoms in total. The van der Waals surface area contributed by atoms with Crippen molar-refractivity contribution in [1.82, 2.24) is 60.5 Å².